The van der Waals surface area contributed by atoms with Crippen LogP contribution in [0.15, 0.2) is 49.3 Å². The van der Waals surface area contributed by atoms with Crippen LogP contribution in [0.4, 0.5) is 16.2 Å². The first-order valence-corrected chi connectivity index (χ1v) is 14.6. The van der Waals surface area contributed by atoms with Crippen molar-refractivity contribution < 1.29 is 9.18 Å². The Bertz CT molecular complexity index is 1730. The number of anilines is 2. The maximum atomic E-state index is 16.8. The first-order chi connectivity index (χ1) is 19.6. The van der Waals surface area contributed by atoms with E-state index in [9.17, 15) is 4.79 Å². The summed E-state index contributed by atoms with van der Waals surface area (Å²) in [5.41, 5.74) is 2.76. The van der Waals surface area contributed by atoms with Gasteiger partial charge >= 0.3 is 0 Å². The summed E-state index contributed by atoms with van der Waals surface area (Å²) in [5, 5.41) is 1.65. The number of carbonyl (C=O) groups is 1. The minimum Gasteiger partial charge on any atom is -0.346 e. The molecule has 2 aromatic carbocycles. The fraction of sp³-hybridized carbons (Fsp3) is 0.333. The molecule has 0 aliphatic carbocycles. The number of carbonyl (C=O) groups excluding carboxylic acids is 1. The summed E-state index contributed by atoms with van der Waals surface area (Å²) in [7, 11) is 4.09. The largest absolute Gasteiger partial charge is 0.346 e. The fourth-order valence-corrected chi connectivity index (χ4v) is 6.60. The van der Waals surface area contributed by atoms with Gasteiger partial charge in [0.2, 0.25) is 11.9 Å². The molecule has 2 fully saturated rings. The van der Waals surface area contributed by atoms with Crippen molar-refractivity contribution in [2.75, 3.05) is 50.1 Å². The Morgan fingerprint density at radius 3 is 2.66 bits per heavy atom. The van der Waals surface area contributed by atoms with Gasteiger partial charge in [-0.25, -0.2) is 9.37 Å². The van der Waals surface area contributed by atoms with E-state index in [-0.39, 0.29) is 22.5 Å². The number of hydrogen-bond donors (Lipinski definition) is 0. The third-order valence-electron chi connectivity index (χ3n) is 8.15. The lowest BCUT2D eigenvalue weighted by Gasteiger charge is -2.44. The monoisotopic (exact) mass is 591 g/mol. The van der Waals surface area contributed by atoms with Crippen LogP contribution in [0.2, 0.25) is 5.02 Å². The number of aryl methyl sites for hydroxylation is 1. The summed E-state index contributed by atoms with van der Waals surface area (Å²) >= 11 is 8.27. The standard InChI is InChI=1S/C30H31ClFN7OS/c1-7-24(40)38-12-18(4)39(13-17(38)3)29-20-10-22(31)26(25-16(2)8-9-23-21(25)11-33-41-23)27(32)28(20)34-30(35-29)37-14-19(15-37)36(5)6/h7-11,18-19H,1,3,12-15H2,2,4-6H3/t18-/m0/s1. The number of aromatic nitrogens is 3. The van der Waals surface area contributed by atoms with Crippen LogP contribution in [-0.2, 0) is 4.79 Å². The molecular formula is C30H31ClFN7OS. The molecule has 8 nitrogen and oxygen atoms in total. The molecule has 0 spiro atoms. The van der Waals surface area contributed by atoms with Gasteiger partial charge < -0.3 is 19.6 Å². The third-order valence-corrected chi connectivity index (χ3v) is 9.21. The third kappa shape index (κ3) is 4.54. The highest BCUT2D eigenvalue weighted by atomic mass is 35.5. The average Bonchev–Trinajstić information content (AvgIpc) is 3.38. The normalized spacial score (nSPS) is 18.1. The van der Waals surface area contributed by atoms with Crippen molar-refractivity contribution in [2.24, 2.45) is 0 Å². The topological polar surface area (TPSA) is 68.7 Å². The lowest BCUT2D eigenvalue weighted by molar-refractivity contribution is -0.124. The summed E-state index contributed by atoms with van der Waals surface area (Å²) in [5.74, 6) is 0.344. The Kier molecular flexibility index (Phi) is 6.96. The molecule has 1 atom stereocenters. The molecule has 2 aliphatic heterocycles. The Morgan fingerprint density at radius 1 is 1.20 bits per heavy atom. The van der Waals surface area contributed by atoms with Gasteiger partial charge in [-0.2, -0.15) is 9.36 Å². The van der Waals surface area contributed by atoms with E-state index in [1.807, 2.05) is 40.1 Å². The zero-order valence-corrected chi connectivity index (χ0v) is 25.1. The maximum Gasteiger partial charge on any atom is 0.250 e. The van der Waals surface area contributed by atoms with Crippen molar-refractivity contribution in [3.05, 3.63) is 65.7 Å². The number of halogens is 2. The number of fused-ring (bicyclic) bond motifs is 2. The lowest BCUT2D eigenvalue weighted by atomic mass is 9.95. The Labute approximate surface area is 247 Å². The second kappa shape index (κ2) is 10.3. The van der Waals surface area contributed by atoms with Crippen LogP contribution in [0.25, 0.3) is 32.1 Å². The number of hydrogen-bond acceptors (Lipinski definition) is 8. The van der Waals surface area contributed by atoms with Crippen LogP contribution in [-0.4, -0.2) is 82.4 Å². The predicted molar refractivity (Wildman–Crippen MR) is 165 cm³/mol. The second-order valence-corrected chi connectivity index (χ2v) is 12.2. The van der Waals surface area contributed by atoms with Crippen LogP contribution >= 0.6 is 23.1 Å². The second-order valence-electron chi connectivity index (χ2n) is 11.0. The fourth-order valence-electron chi connectivity index (χ4n) is 5.66. The van der Waals surface area contributed by atoms with E-state index in [0.717, 1.165) is 34.3 Å². The van der Waals surface area contributed by atoms with Crippen molar-refractivity contribution >= 4 is 61.8 Å². The molecule has 11 heteroatoms. The minimum atomic E-state index is -0.490. The van der Waals surface area contributed by atoms with Crippen molar-refractivity contribution in [3.63, 3.8) is 0 Å². The van der Waals surface area contributed by atoms with Gasteiger partial charge in [0.05, 0.1) is 16.3 Å². The SMILES string of the molecule is C=CC(=O)N1C[C@H](C)N(c2nc(N3CC(N(C)C)C3)nc3c(F)c(-c4c(C)ccc5sncc45)c(Cl)cc23)CC1=C. The summed E-state index contributed by atoms with van der Waals surface area (Å²) in [6.07, 6.45) is 3.05. The van der Waals surface area contributed by atoms with Crippen LogP contribution in [0.1, 0.15) is 12.5 Å². The van der Waals surface area contributed by atoms with Crippen molar-refractivity contribution in [1.82, 2.24) is 24.1 Å². The number of rotatable bonds is 5. The Morgan fingerprint density at radius 2 is 1.95 bits per heavy atom. The van der Waals surface area contributed by atoms with Crippen molar-refractivity contribution in [1.29, 1.82) is 0 Å². The molecule has 2 aliphatic rings. The lowest BCUT2D eigenvalue weighted by Crippen LogP contribution is -2.58. The van der Waals surface area contributed by atoms with E-state index in [0.29, 0.717) is 47.5 Å². The highest BCUT2D eigenvalue weighted by Crippen LogP contribution is 2.43. The van der Waals surface area contributed by atoms with Gasteiger partial charge in [0.1, 0.15) is 11.3 Å². The van der Waals surface area contributed by atoms with Gasteiger partial charge in [0.25, 0.3) is 0 Å². The van der Waals surface area contributed by atoms with E-state index in [1.54, 1.807) is 17.2 Å². The Hall–Kier alpha value is -3.60. The van der Waals surface area contributed by atoms with E-state index >= 15 is 4.39 Å². The number of amides is 1. The highest BCUT2D eigenvalue weighted by molar-refractivity contribution is 7.13. The maximum absolute atomic E-state index is 16.8. The van der Waals surface area contributed by atoms with E-state index < -0.39 is 5.82 Å². The first-order valence-electron chi connectivity index (χ1n) is 13.4. The zero-order valence-electron chi connectivity index (χ0n) is 23.5. The van der Waals surface area contributed by atoms with Gasteiger partial charge in [-0.15, -0.1) is 0 Å². The van der Waals surface area contributed by atoms with Gasteiger partial charge in [-0.05, 0) is 68.8 Å². The number of piperazine rings is 1. The summed E-state index contributed by atoms with van der Waals surface area (Å²) in [6.45, 7) is 13.9. The van der Waals surface area contributed by atoms with Gasteiger partial charge in [-0.1, -0.05) is 30.8 Å². The molecular weight excluding hydrogens is 561 g/mol. The molecule has 6 rings (SSSR count). The molecule has 2 saturated heterocycles. The minimum absolute atomic E-state index is 0.129. The molecule has 212 valence electrons. The van der Waals surface area contributed by atoms with E-state index in [1.165, 1.54) is 17.6 Å². The number of nitrogens with zero attached hydrogens (tertiary/aromatic N) is 7. The van der Waals surface area contributed by atoms with Crippen molar-refractivity contribution in [2.45, 2.75) is 25.9 Å². The summed E-state index contributed by atoms with van der Waals surface area (Å²) < 4.78 is 22.1. The molecule has 0 saturated carbocycles. The molecule has 4 heterocycles. The number of benzene rings is 2. The molecule has 1 amide bonds. The predicted octanol–water partition coefficient (Wildman–Crippen LogP) is 5.49. The summed E-state index contributed by atoms with van der Waals surface area (Å²) in [4.78, 5) is 30.1. The smallest absolute Gasteiger partial charge is 0.250 e. The first kappa shape index (κ1) is 27.6. The molecule has 0 unspecified atom stereocenters. The van der Waals surface area contributed by atoms with Crippen LogP contribution in [0.5, 0.6) is 0 Å². The molecule has 41 heavy (non-hydrogen) atoms. The molecule has 0 N–H and O–H groups in total. The van der Waals surface area contributed by atoms with Gasteiger partial charge in [0, 0.05) is 59.9 Å². The van der Waals surface area contributed by atoms with Gasteiger partial charge in [0.15, 0.2) is 5.82 Å². The van der Waals surface area contributed by atoms with Crippen molar-refractivity contribution in [3.8, 4) is 11.1 Å². The molecule has 0 radical (unpaired) electrons. The van der Waals surface area contributed by atoms with Crippen LogP contribution in [0, 0.1) is 12.7 Å². The molecule has 4 aromatic rings. The zero-order chi connectivity index (χ0) is 29.2. The highest BCUT2D eigenvalue weighted by Gasteiger charge is 2.35. The van der Waals surface area contributed by atoms with Crippen LogP contribution in [0.3, 0.4) is 0 Å². The molecule has 2 aromatic heterocycles. The van der Waals surface area contributed by atoms with E-state index in [2.05, 4.69) is 32.2 Å². The Balaban J connectivity index is 1.54. The van der Waals surface area contributed by atoms with E-state index in [4.69, 9.17) is 21.6 Å². The molecule has 0 bridgehead atoms. The number of likely N-dealkylation sites (N-methyl/N-ethyl adjacent to an activating group) is 1. The quantitative estimate of drug-likeness (QED) is 0.284. The average molecular weight is 592 g/mol. The van der Waals surface area contributed by atoms with Gasteiger partial charge in [-0.3, -0.25) is 4.79 Å². The summed E-state index contributed by atoms with van der Waals surface area (Å²) in [6, 6.07) is 5.96. The van der Waals surface area contributed by atoms with Crippen LogP contribution < -0.4 is 9.80 Å².